The van der Waals surface area contributed by atoms with Crippen molar-refractivity contribution in [1.82, 2.24) is 5.32 Å². The van der Waals surface area contributed by atoms with E-state index in [-0.39, 0.29) is 5.82 Å². The first-order chi connectivity index (χ1) is 10.3. The van der Waals surface area contributed by atoms with E-state index in [9.17, 15) is 4.39 Å². The van der Waals surface area contributed by atoms with Crippen molar-refractivity contribution in [2.75, 3.05) is 0 Å². The summed E-state index contributed by atoms with van der Waals surface area (Å²) in [5.41, 5.74) is 1.22. The van der Waals surface area contributed by atoms with Gasteiger partial charge in [-0.15, -0.1) is 11.3 Å². The Morgan fingerprint density at radius 2 is 2.00 bits per heavy atom. The zero-order valence-corrected chi connectivity index (χ0v) is 13.2. The van der Waals surface area contributed by atoms with E-state index < -0.39 is 0 Å². The van der Waals surface area contributed by atoms with Gasteiger partial charge in [0.1, 0.15) is 5.82 Å². The van der Waals surface area contributed by atoms with Crippen LogP contribution in [-0.4, -0.2) is 0 Å². The van der Waals surface area contributed by atoms with Crippen LogP contribution in [0.3, 0.4) is 0 Å². The lowest BCUT2D eigenvalue weighted by atomic mass is 9.99. The molecule has 0 saturated heterocycles. The van der Waals surface area contributed by atoms with Crippen LogP contribution in [0.15, 0.2) is 41.8 Å². The predicted molar refractivity (Wildman–Crippen MR) is 87.0 cm³/mol. The molecule has 1 heterocycles. The van der Waals surface area contributed by atoms with Gasteiger partial charge in [-0.1, -0.05) is 31.5 Å². The van der Waals surface area contributed by atoms with E-state index in [0.717, 1.165) is 12.8 Å². The van der Waals surface area contributed by atoms with Gasteiger partial charge in [-0.25, -0.2) is 4.39 Å². The Labute approximate surface area is 130 Å². The molecule has 1 fully saturated rings. The van der Waals surface area contributed by atoms with Gasteiger partial charge in [0, 0.05) is 17.0 Å². The largest absolute Gasteiger partial charge is 0.302 e. The molecule has 0 spiro atoms. The molecular weight excluding hydrogens is 281 g/mol. The Kier molecular flexibility index (Phi) is 4.71. The van der Waals surface area contributed by atoms with Crippen molar-refractivity contribution in [3.8, 4) is 0 Å². The first-order valence-electron chi connectivity index (χ1n) is 7.83. The smallest absolute Gasteiger partial charge is 0.123 e. The Bertz CT molecular complexity index is 545. The number of thiophene rings is 1. The van der Waals surface area contributed by atoms with Crippen molar-refractivity contribution in [2.45, 2.75) is 44.7 Å². The molecule has 0 aliphatic heterocycles. The third-order valence-corrected chi connectivity index (χ3v) is 5.15. The summed E-state index contributed by atoms with van der Waals surface area (Å²) in [6.07, 6.45) is 4.86. The van der Waals surface area contributed by atoms with Crippen LogP contribution >= 0.6 is 11.3 Å². The lowest BCUT2D eigenvalue weighted by Crippen LogP contribution is -2.27. The molecule has 2 unspecified atom stereocenters. The van der Waals surface area contributed by atoms with Gasteiger partial charge in [-0.2, -0.15) is 0 Å². The summed E-state index contributed by atoms with van der Waals surface area (Å²) in [6, 6.07) is 12.1. The zero-order chi connectivity index (χ0) is 14.7. The summed E-state index contributed by atoms with van der Waals surface area (Å²) in [7, 11) is 0. The SMILES string of the molecule is CCCC(NC(c1ccc(F)cc1)C1CC1)c1cccs1. The van der Waals surface area contributed by atoms with E-state index in [1.807, 2.05) is 23.5 Å². The van der Waals surface area contributed by atoms with Gasteiger partial charge in [0.25, 0.3) is 0 Å². The molecule has 1 aromatic carbocycles. The predicted octanol–water partition coefficient (Wildman–Crippen LogP) is 5.47. The van der Waals surface area contributed by atoms with Crippen LogP contribution < -0.4 is 5.32 Å². The summed E-state index contributed by atoms with van der Waals surface area (Å²) < 4.78 is 13.2. The highest BCUT2D eigenvalue weighted by atomic mass is 32.1. The van der Waals surface area contributed by atoms with Crippen molar-refractivity contribution in [2.24, 2.45) is 5.92 Å². The molecular formula is C18H22FNS. The standard InChI is InChI=1S/C18H22FNS/c1-2-4-16(17-5-3-12-21-17)20-18(13-6-7-13)14-8-10-15(19)11-9-14/h3,5,8-13,16,18,20H,2,4,6-7H2,1H3. The van der Waals surface area contributed by atoms with Gasteiger partial charge in [0.05, 0.1) is 0 Å². The molecule has 1 nitrogen and oxygen atoms in total. The van der Waals surface area contributed by atoms with E-state index >= 15 is 0 Å². The van der Waals surface area contributed by atoms with Gasteiger partial charge >= 0.3 is 0 Å². The average molecular weight is 303 g/mol. The average Bonchev–Trinajstić information content (AvgIpc) is 3.18. The van der Waals surface area contributed by atoms with Gasteiger partial charge in [0.15, 0.2) is 0 Å². The number of halogens is 1. The fraction of sp³-hybridized carbons (Fsp3) is 0.444. The fourth-order valence-corrected chi connectivity index (χ4v) is 3.73. The molecule has 0 amide bonds. The second-order valence-corrected chi connectivity index (χ2v) is 6.87. The molecule has 0 bridgehead atoms. The van der Waals surface area contributed by atoms with Crippen molar-refractivity contribution in [1.29, 1.82) is 0 Å². The number of hydrogen-bond donors (Lipinski definition) is 1. The molecule has 21 heavy (non-hydrogen) atoms. The lowest BCUT2D eigenvalue weighted by molar-refractivity contribution is 0.394. The van der Waals surface area contributed by atoms with Crippen LogP contribution in [0.25, 0.3) is 0 Å². The first kappa shape index (κ1) is 14.7. The molecule has 2 aromatic rings. The van der Waals surface area contributed by atoms with Crippen molar-refractivity contribution in [3.63, 3.8) is 0 Å². The minimum atomic E-state index is -0.156. The number of hydrogen-bond acceptors (Lipinski definition) is 2. The van der Waals surface area contributed by atoms with E-state index in [2.05, 4.69) is 29.8 Å². The highest BCUT2D eigenvalue weighted by Crippen LogP contribution is 2.42. The molecule has 3 heteroatoms. The summed E-state index contributed by atoms with van der Waals surface area (Å²) >= 11 is 1.82. The van der Waals surface area contributed by atoms with Crippen LogP contribution in [0.1, 0.15) is 55.1 Å². The molecule has 0 radical (unpaired) electrons. The van der Waals surface area contributed by atoms with Crippen molar-refractivity contribution < 1.29 is 4.39 Å². The number of benzene rings is 1. The molecule has 1 N–H and O–H groups in total. The summed E-state index contributed by atoms with van der Waals surface area (Å²) in [4.78, 5) is 1.41. The highest BCUT2D eigenvalue weighted by molar-refractivity contribution is 7.10. The Balaban J connectivity index is 1.78. The van der Waals surface area contributed by atoms with Crippen LogP contribution in [0, 0.1) is 11.7 Å². The quantitative estimate of drug-likeness (QED) is 0.715. The summed E-state index contributed by atoms with van der Waals surface area (Å²) in [6.45, 7) is 2.23. The van der Waals surface area contributed by atoms with Gasteiger partial charge < -0.3 is 5.32 Å². The van der Waals surface area contributed by atoms with Crippen molar-refractivity contribution >= 4 is 11.3 Å². The maximum Gasteiger partial charge on any atom is 0.123 e. The maximum atomic E-state index is 13.2. The van der Waals surface area contributed by atoms with E-state index in [4.69, 9.17) is 0 Å². The molecule has 1 aromatic heterocycles. The third-order valence-electron chi connectivity index (χ3n) is 4.17. The second-order valence-electron chi connectivity index (χ2n) is 5.89. The van der Waals surface area contributed by atoms with Crippen LogP contribution in [-0.2, 0) is 0 Å². The molecule has 2 atom stereocenters. The van der Waals surface area contributed by atoms with E-state index in [1.54, 1.807) is 12.1 Å². The minimum Gasteiger partial charge on any atom is -0.302 e. The Morgan fingerprint density at radius 3 is 2.57 bits per heavy atom. The van der Waals surface area contributed by atoms with Crippen LogP contribution in [0.5, 0.6) is 0 Å². The highest BCUT2D eigenvalue weighted by Gasteiger charge is 2.33. The van der Waals surface area contributed by atoms with Crippen LogP contribution in [0.2, 0.25) is 0 Å². The Hall–Kier alpha value is -1.19. The summed E-state index contributed by atoms with van der Waals surface area (Å²) in [5.74, 6) is 0.548. The normalized spacial score (nSPS) is 17.6. The lowest BCUT2D eigenvalue weighted by Gasteiger charge is -2.25. The molecule has 1 aliphatic rings. The molecule has 112 valence electrons. The third kappa shape index (κ3) is 3.72. The molecule has 1 saturated carbocycles. The number of nitrogens with one attached hydrogen (secondary N) is 1. The molecule has 1 aliphatic carbocycles. The topological polar surface area (TPSA) is 12.0 Å². The maximum absolute atomic E-state index is 13.2. The fourth-order valence-electron chi connectivity index (χ4n) is 2.91. The van der Waals surface area contributed by atoms with Crippen LogP contribution in [0.4, 0.5) is 4.39 Å². The first-order valence-corrected chi connectivity index (χ1v) is 8.71. The second kappa shape index (κ2) is 6.71. The zero-order valence-electron chi connectivity index (χ0n) is 12.4. The van der Waals surface area contributed by atoms with Gasteiger partial charge in [-0.05, 0) is 54.3 Å². The number of rotatable bonds is 7. The Morgan fingerprint density at radius 1 is 1.24 bits per heavy atom. The van der Waals surface area contributed by atoms with Crippen molar-refractivity contribution in [3.05, 3.63) is 58.0 Å². The van der Waals surface area contributed by atoms with Gasteiger partial charge in [0.2, 0.25) is 0 Å². The van der Waals surface area contributed by atoms with E-state index in [0.29, 0.717) is 18.0 Å². The molecule has 3 rings (SSSR count). The van der Waals surface area contributed by atoms with Gasteiger partial charge in [-0.3, -0.25) is 0 Å². The minimum absolute atomic E-state index is 0.156. The summed E-state index contributed by atoms with van der Waals surface area (Å²) in [5, 5.41) is 5.99. The van der Waals surface area contributed by atoms with E-state index in [1.165, 1.54) is 23.3 Å². The monoisotopic (exact) mass is 303 g/mol.